The Labute approximate surface area is 137 Å². The average Bonchev–Trinajstić information content (AvgIpc) is 2.93. The van der Waals surface area contributed by atoms with Crippen molar-refractivity contribution in [2.75, 3.05) is 34.3 Å². The molecule has 0 radical (unpaired) electrons. The zero-order valence-corrected chi connectivity index (χ0v) is 14.2. The number of rotatable bonds is 7. The Hall–Kier alpha value is -2.34. The topological polar surface area (TPSA) is 59.4 Å². The van der Waals surface area contributed by atoms with Crippen LogP contribution < -0.4 is 10.1 Å². The molecule has 0 saturated carbocycles. The number of aromatic nitrogens is 2. The summed E-state index contributed by atoms with van der Waals surface area (Å²) in [7, 11) is 7.50. The van der Waals surface area contributed by atoms with E-state index in [0.29, 0.717) is 12.2 Å². The summed E-state index contributed by atoms with van der Waals surface area (Å²) < 4.78 is 6.88. The summed E-state index contributed by atoms with van der Waals surface area (Å²) in [5.41, 5.74) is 2.32. The van der Waals surface area contributed by atoms with Gasteiger partial charge in [0.25, 0.3) is 5.91 Å². The molecule has 0 saturated heterocycles. The molecule has 1 N–H and O–H groups in total. The zero-order chi connectivity index (χ0) is 16.8. The van der Waals surface area contributed by atoms with Crippen LogP contribution in [0.1, 0.15) is 16.9 Å². The Morgan fingerprint density at radius 1 is 1.30 bits per heavy atom. The van der Waals surface area contributed by atoms with Gasteiger partial charge in [0.05, 0.1) is 12.8 Å². The molecule has 0 spiro atoms. The largest absolute Gasteiger partial charge is 0.497 e. The molecule has 124 valence electrons. The molecule has 0 aliphatic heterocycles. The molecule has 1 amide bonds. The first-order chi connectivity index (χ1) is 11.0. The molecule has 0 aliphatic rings. The van der Waals surface area contributed by atoms with Gasteiger partial charge in [0.2, 0.25) is 0 Å². The second kappa shape index (κ2) is 7.78. The van der Waals surface area contributed by atoms with Gasteiger partial charge in [0.1, 0.15) is 5.75 Å². The van der Waals surface area contributed by atoms with Crippen LogP contribution in [-0.4, -0.2) is 54.9 Å². The number of ether oxygens (including phenoxy) is 1. The average molecular weight is 316 g/mol. The predicted octanol–water partition coefficient (Wildman–Crippen LogP) is 1.78. The Balaban J connectivity index is 2.03. The Morgan fingerprint density at radius 2 is 2.00 bits per heavy atom. The number of aryl methyl sites for hydroxylation is 1. The summed E-state index contributed by atoms with van der Waals surface area (Å²) in [6.07, 6.45) is 0.914. The number of nitrogens with one attached hydrogen (secondary N) is 1. The van der Waals surface area contributed by atoms with Crippen molar-refractivity contribution < 1.29 is 9.53 Å². The van der Waals surface area contributed by atoms with Crippen LogP contribution in [0.3, 0.4) is 0 Å². The van der Waals surface area contributed by atoms with Gasteiger partial charge in [-0.15, -0.1) is 0 Å². The molecule has 6 nitrogen and oxygen atoms in total. The standard InChI is InChI=1S/C17H24N4O2/c1-20(2)11-5-10-18-17(22)15-12-16(21(3)19-15)13-6-8-14(23-4)9-7-13/h6-9,12H,5,10-11H2,1-4H3,(H,18,22). The fourth-order valence-electron chi connectivity index (χ4n) is 2.30. The van der Waals surface area contributed by atoms with Gasteiger partial charge in [-0.3, -0.25) is 9.48 Å². The molecule has 1 aromatic carbocycles. The van der Waals surface area contributed by atoms with Crippen LogP contribution in [0.15, 0.2) is 30.3 Å². The van der Waals surface area contributed by atoms with E-state index in [0.717, 1.165) is 30.0 Å². The van der Waals surface area contributed by atoms with E-state index in [4.69, 9.17) is 4.74 Å². The van der Waals surface area contributed by atoms with Crippen LogP contribution in [0, 0.1) is 0 Å². The van der Waals surface area contributed by atoms with Gasteiger partial charge in [-0.25, -0.2) is 0 Å². The van der Waals surface area contributed by atoms with Gasteiger partial charge in [-0.05, 0) is 57.4 Å². The molecule has 1 heterocycles. The SMILES string of the molecule is COc1ccc(-c2cc(C(=O)NCCCN(C)C)nn2C)cc1. The quantitative estimate of drug-likeness (QED) is 0.791. The van der Waals surface area contributed by atoms with Gasteiger partial charge in [0.15, 0.2) is 5.69 Å². The highest BCUT2D eigenvalue weighted by atomic mass is 16.5. The van der Waals surface area contributed by atoms with Crippen molar-refractivity contribution in [1.29, 1.82) is 0 Å². The minimum absolute atomic E-state index is 0.140. The summed E-state index contributed by atoms with van der Waals surface area (Å²) in [5, 5.41) is 7.21. The van der Waals surface area contributed by atoms with Crippen LogP contribution in [0.25, 0.3) is 11.3 Å². The first-order valence-electron chi connectivity index (χ1n) is 7.62. The lowest BCUT2D eigenvalue weighted by Gasteiger charge is -2.09. The second-order valence-corrected chi connectivity index (χ2v) is 5.68. The van der Waals surface area contributed by atoms with Gasteiger partial charge >= 0.3 is 0 Å². The first-order valence-corrected chi connectivity index (χ1v) is 7.62. The molecule has 2 rings (SSSR count). The number of methoxy groups -OCH3 is 1. The molecular weight excluding hydrogens is 292 g/mol. The lowest BCUT2D eigenvalue weighted by Crippen LogP contribution is -2.27. The molecule has 6 heteroatoms. The summed E-state index contributed by atoms with van der Waals surface area (Å²) >= 11 is 0. The van der Waals surface area contributed by atoms with E-state index < -0.39 is 0 Å². The molecule has 1 aromatic heterocycles. The van der Waals surface area contributed by atoms with Crippen LogP contribution in [-0.2, 0) is 7.05 Å². The molecular formula is C17H24N4O2. The highest BCUT2D eigenvalue weighted by molar-refractivity contribution is 5.93. The van der Waals surface area contributed by atoms with E-state index >= 15 is 0 Å². The van der Waals surface area contributed by atoms with Crippen molar-refractivity contribution in [3.63, 3.8) is 0 Å². The number of benzene rings is 1. The maximum Gasteiger partial charge on any atom is 0.271 e. The van der Waals surface area contributed by atoms with Gasteiger partial charge in [0, 0.05) is 19.2 Å². The molecule has 0 atom stereocenters. The van der Waals surface area contributed by atoms with Gasteiger partial charge in [-0.1, -0.05) is 0 Å². The van der Waals surface area contributed by atoms with Gasteiger partial charge in [-0.2, -0.15) is 5.10 Å². The number of hydrogen-bond acceptors (Lipinski definition) is 4. The second-order valence-electron chi connectivity index (χ2n) is 5.68. The first kappa shape index (κ1) is 17.0. The highest BCUT2D eigenvalue weighted by Crippen LogP contribution is 2.22. The normalized spacial score (nSPS) is 10.8. The van der Waals surface area contributed by atoms with Crippen molar-refractivity contribution in [2.24, 2.45) is 7.05 Å². The van der Waals surface area contributed by atoms with Crippen molar-refractivity contribution in [3.05, 3.63) is 36.0 Å². The van der Waals surface area contributed by atoms with Crippen LogP contribution in [0.4, 0.5) is 0 Å². The molecule has 0 aliphatic carbocycles. The maximum absolute atomic E-state index is 12.2. The minimum atomic E-state index is -0.140. The van der Waals surface area contributed by atoms with E-state index in [1.165, 1.54) is 0 Å². The third kappa shape index (κ3) is 4.56. The van der Waals surface area contributed by atoms with Crippen molar-refractivity contribution in [1.82, 2.24) is 20.0 Å². The van der Waals surface area contributed by atoms with Gasteiger partial charge < -0.3 is 15.0 Å². The fourth-order valence-corrected chi connectivity index (χ4v) is 2.30. The third-order valence-electron chi connectivity index (χ3n) is 3.57. The molecule has 0 bridgehead atoms. The summed E-state index contributed by atoms with van der Waals surface area (Å²) in [6.45, 7) is 1.59. The zero-order valence-electron chi connectivity index (χ0n) is 14.2. The number of carbonyl (C=O) groups is 1. The van der Waals surface area contributed by atoms with Crippen LogP contribution in [0.5, 0.6) is 5.75 Å². The summed E-state index contributed by atoms with van der Waals surface area (Å²) in [6, 6.07) is 9.50. The lowest BCUT2D eigenvalue weighted by molar-refractivity contribution is 0.0946. The van der Waals surface area contributed by atoms with Crippen molar-refractivity contribution in [3.8, 4) is 17.0 Å². The monoisotopic (exact) mass is 316 g/mol. The van der Waals surface area contributed by atoms with E-state index in [1.807, 2.05) is 51.5 Å². The number of hydrogen-bond donors (Lipinski definition) is 1. The van der Waals surface area contributed by atoms with Crippen molar-refractivity contribution >= 4 is 5.91 Å². The summed E-state index contributed by atoms with van der Waals surface area (Å²) in [5.74, 6) is 0.661. The predicted molar refractivity (Wildman–Crippen MR) is 90.7 cm³/mol. The molecule has 2 aromatic rings. The van der Waals surface area contributed by atoms with Crippen LogP contribution >= 0.6 is 0 Å². The Bertz CT molecular complexity index is 647. The highest BCUT2D eigenvalue weighted by Gasteiger charge is 2.13. The molecule has 0 unspecified atom stereocenters. The Morgan fingerprint density at radius 3 is 2.61 bits per heavy atom. The Kier molecular flexibility index (Phi) is 5.76. The number of nitrogens with zero attached hydrogens (tertiary/aromatic N) is 3. The van der Waals surface area contributed by atoms with E-state index in [-0.39, 0.29) is 5.91 Å². The molecule has 0 fully saturated rings. The van der Waals surface area contributed by atoms with E-state index in [2.05, 4.69) is 15.3 Å². The summed E-state index contributed by atoms with van der Waals surface area (Å²) in [4.78, 5) is 14.3. The van der Waals surface area contributed by atoms with E-state index in [9.17, 15) is 4.79 Å². The number of carbonyl (C=O) groups excluding carboxylic acids is 1. The maximum atomic E-state index is 12.2. The van der Waals surface area contributed by atoms with Crippen LogP contribution in [0.2, 0.25) is 0 Å². The molecule has 23 heavy (non-hydrogen) atoms. The number of amides is 1. The minimum Gasteiger partial charge on any atom is -0.497 e. The fraction of sp³-hybridized carbons (Fsp3) is 0.412. The lowest BCUT2D eigenvalue weighted by atomic mass is 10.1. The third-order valence-corrected chi connectivity index (χ3v) is 3.57. The van der Waals surface area contributed by atoms with E-state index in [1.54, 1.807) is 11.8 Å². The van der Waals surface area contributed by atoms with Crippen molar-refractivity contribution in [2.45, 2.75) is 6.42 Å². The smallest absolute Gasteiger partial charge is 0.271 e.